The largest absolute Gasteiger partial charge is 0.388 e. The summed E-state index contributed by atoms with van der Waals surface area (Å²) in [7, 11) is 0. The van der Waals surface area contributed by atoms with Gasteiger partial charge in [0.15, 0.2) is 0 Å². The van der Waals surface area contributed by atoms with Crippen LogP contribution in [-0.4, -0.2) is 11.0 Å². The summed E-state index contributed by atoms with van der Waals surface area (Å²) in [6, 6.07) is 3.00. The minimum absolute atomic E-state index is 0.0822. The smallest absolute Gasteiger partial charge is 0.224 e. The average molecular weight is 251 g/mol. The maximum atomic E-state index is 13.9. The normalized spacial score (nSPS) is 16.1. The van der Waals surface area contributed by atoms with Gasteiger partial charge in [0.1, 0.15) is 5.82 Å². The number of fused-ring (bicyclic) bond motifs is 1. The molecule has 1 aromatic rings. The van der Waals surface area contributed by atoms with E-state index < -0.39 is 11.9 Å². The standard InChI is InChI=1S/C14H18FNO2/c1-2-3-4-13(17)10-7-9-5-6-14(18)16-12(9)8-11(10)15/h7-8,13,17H,2-6H2,1H3,(H,16,18). The molecule has 98 valence electrons. The highest BCUT2D eigenvalue weighted by Crippen LogP contribution is 2.30. The van der Waals surface area contributed by atoms with E-state index in [4.69, 9.17) is 0 Å². The monoisotopic (exact) mass is 251 g/mol. The lowest BCUT2D eigenvalue weighted by molar-refractivity contribution is -0.116. The van der Waals surface area contributed by atoms with Crippen LogP contribution in [0.3, 0.4) is 0 Å². The summed E-state index contributed by atoms with van der Waals surface area (Å²) in [5.74, 6) is -0.527. The highest BCUT2D eigenvalue weighted by atomic mass is 19.1. The molecule has 1 unspecified atom stereocenters. The van der Waals surface area contributed by atoms with Gasteiger partial charge in [0.25, 0.3) is 0 Å². The molecule has 1 amide bonds. The molecule has 0 spiro atoms. The van der Waals surface area contributed by atoms with Crippen LogP contribution in [-0.2, 0) is 11.2 Å². The first-order valence-electron chi connectivity index (χ1n) is 6.42. The molecule has 4 heteroatoms. The molecule has 3 nitrogen and oxygen atoms in total. The van der Waals surface area contributed by atoms with Gasteiger partial charge in [-0.25, -0.2) is 4.39 Å². The summed E-state index contributed by atoms with van der Waals surface area (Å²) in [4.78, 5) is 11.2. The van der Waals surface area contributed by atoms with Crippen molar-refractivity contribution in [3.63, 3.8) is 0 Å². The molecule has 2 rings (SSSR count). The van der Waals surface area contributed by atoms with Crippen LogP contribution in [0.2, 0.25) is 0 Å². The predicted molar refractivity (Wildman–Crippen MR) is 67.8 cm³/mol. The van der Waals surface area contributed by atoms with Crippen molar-refractivity contribution in [2.45, 2.75) is 45.1 Å². The van der Waals surface area contributed by atoms with Crippen LogP contribution in [0.25, 0.3) is 0 Å². The number of benzene rings is 1. The van der Waals surface area contributed by atoms with Crippen molar-refractivity contribution < 1.29 is 14.3 Å². The molecule has 1 atom stereocenters. The van der Waals surface area contributed by atoms with E-state index in [1.165, 1.54) is 6.07 Å². The second-order valence-electron chi connectivity index (χ2n) is 4.74. The predicted octanol–water partition coefficient (Wildman–Crippen LogP) is 2.93. The number of halogens is 1. The Hall–Kier alpha value is -1.42. The van der Waals surface area contributed by atoms with Gasteiger partial charge in [0.2, 0.25) is 5.91 Å². The zero-order valence-electron chi connectivity index (χ0n) is 10.5. The van der Waals surface area contributed by atoms with Crippen molar-refractivity contribution >= 4 is 11.6 Å². The Balaban J connectivity index is 2.24. The Bertz CT molecular complexity index is 459. The minimum Gasteiger partial charge on any atom is -0.388 e. The fraction of sp³-hybridized carbons (Fsp3) is 0.500. The molecule has 1 aromatic carbocycles. The van der Waals surface area contributed by atoms with Gasteiger partial charge in [0, 0.05) is 17.7 Å². The first kappa shape index (κ1) is 13.0. The van der Waals surface area contributed by atoms with E-state index >= 15 is 0 Å². The summed E-state index contributed by atoms with van der Waals surface area (Å²) >= 11 is 0. The Morgan fingerprint density at radius 1 is 1.44 bits per heavy atom. The van der Waals surface area contributed by atoms with Crippen molar-refractivity contribution in [1.29, 1.82) is 0 Å². The number of aliphatic hydroxyl groups excluding tert-OH is 1. The van der Waals surface area contributed by atoms with Gasteiger partial charge < -0.3 is 10.4 Å². The van der Waals surface area contributed by atoms with Crippen LogP contribution in [0, 0.1) is 5.82 Å². The van der Waals surface area contributed by atoms with Gasteiger partial charge in [-0.15, -0.1) is 0 Å². The number of aliphatic hydroxyl groups is 1. The molecule has 1 aliphatic rings. The van der Waals surface area contributed by atoms with Crippen molar-refractivity contribution in [3.05, 3.63) is 29.1 Å². The Kier molecular flexibility index (Phi) is 3.97. The lowest BCUT2D eigenvalue weighted by atomic mass is 9.96. The van der Waals surface area contributed by atoms with E-state index in [-0.39, 0.29) is 5.91 Å². The molecule has 2 N–H and O–H groups in total. The number of amides is 1. The lowest BCUT2D eigenvalue weighted by Crippen LogP contribution is -2.19. The number of rotatable bonds is 4. The molecule has 0 saturated carbocycles. The average Bonchev–Trinajstić information content (AvgIpc) is 2.35. The zero-order chi connectivity index (χ0) is 13.1. The Morgan fingerprint density at radius 3 is 2.94 bits per heavy atom. The van der Waals surface area contributed by atoms with E-state index in [0.29, 0.717) is 30.5 Å². The van der Waals surface area contributed by atoms with E-state index in [0.717, 1.165) is 18.4 Å². The van der Waals surface area contributed by atoms with Crippen LogP contribution in [0.1, 0.15) is 49.8 Å². The summed E-state index contributed by atoms with van der Waals surface area (Å²) < 4.78 is 13.9. The van der Waals surface area contributed by atoms with Crippen LogP contribution in [0.4, 0.5) is 10.1 Å². The van der Waals surface area contributed by atoms with Gasteiger partial charge in [-0.1, -0.05) is 19.8 Å². The number of hydrogen-bond donors (Lipinski definition) is 2. The van der Waals surface area contributed by atoms with E-state index in [1.54, 1.807) is 6.07 Å². The highest BCUT2D eigenvalue weighted by Gasteiger charge is 2.20. The molecule has 0 aromatic heterocycles. The zero-order valence-corrected chi connectivity index (χ0v) is 10.5. The Morgan fingerprint density at radius 2 is 2.22 bits per heavy atom. The first-order valence-corrected chi connectivity index (χ1v) is 6.42. The fourth-order valence-electron chi connectivity index (χ4n) is 2.23. The third-order valence-corrected chi connectivity index (χ3v) is 3.31. The Labute approximate surface area is 106 Å². The van der Waals surface area contributed by atoms with Crippen molar-refractivity contribution in [1.82, 2.24) is 0 Å². The molecular weight excluding hydrogens is 233 g/mol. The molecule has 0 fully saturated rings. The molecular formula is C14H18FNO2. The van der Waals surface area contributed by atoms with E-state index in [2.05, 4.69) is 5.32 Å². The van der Waals surface area contributed by atoms with Crippen LogP contribution in [0.15, 0.2) is 12.1 Å². The molecule has 0 saturated heterocycles. The van der Waals surface area contributed by atoms with Crippen LogP contribution >= 0.6 is 0 Å². The maximum Gasteiger partial charge on any atom is 0.224 e. The second-order valence-corrected chi connectivity index (χ2v) is 4.74. The highest BCUT2D eigenvalue weighted by molar-refractivity contribution is 5.93. The SMILES string of the molecule is CCCCC(O)c1cc2c(cc1F)NC(=O)CC2. The van der Waals surface area contributed by atoms with Crippen molar-refractivity contribution in [3.8, 4) is 0 Å². The number of carbonyl (C=O) groups is 1. The van der Waals surface area contributed by atoms with Gasteiger partial charge in [-0.05, 0) is 30.5 Å². The van der Waals surface area contributed by atoms with E-state index in [1.807, 2.05) is 6.92 Å². The van der Waals surface area contributed by atoms with Crippen molar-refractivity contribution in [2.75, 3.05) is 5.32 Å². The first-order chi connectivity index (χ1) is 8.61. The lowest BCUT2D eigenvalue weighted by Gasteiger charge is -2.20. The summed E-state index contributed by atoms with van der Waals surface area (Å²) in [5.41, 5.74) is 1.79. The number of unbranched alkanes of at least 4 members (excludes halogenated alkanes) is 1. The second kappa shape index (κ2) is 5.48. The molecule has 18 heavy (non-hydrogen) atoms. The van der Waals surface area contributed by atoms with E-state index in [9.17, 15) is 14.3 Å². The van der Waals surface area contributed by atoms with Crippen LogP contribution < -0.4 is 5.32 Å². The minimum atomic E-state index is -0.757. The maximum absolute atomic E-state index is 13.9. The molecule has 1 aliphatic heterocycles. The summed E-state index contributed by atoms with van der Waals surface area (Å²) in [6.07, 6.45) is 2.68. The fourth-order valence-corrected chi connectivity index (χ4v) is 2.23. The molecule has 1 heterocycles. The number of carbonyl (C=O) groups excluding carboxylic acids is 1. The van der Waals surface area contributed by atoms with Gasteiger partial charge in [-0.2, -0.15) is 0 Å². The summed E-state index contributed by atoms with van der Waals surface area (Å²) in [5, 5.41) is 12.6. The molecule has 0 aliphatic carbocycles. The quantitative estimate of drug-likeness (QED) is 0.864. The molecule has 0 bridgehead atoms. The third-order valence-electron chi connectivity index (χ3n) is 3.31. The number of nitrogens with one attached hydrogen (secondary N) is 1. The molecule has 0 radical (unpaired) electrons. The number of aryl methyl sites for hydroxylation is 1. The summed E-state index contributed by atoms with van der Waals surface area (Å²) in [6.45, 7) is 2.03. The van der Waals surface area contributed by atoms with Gasteiger partial charge in [-0.3, -0.25) is 4.79 Å². The van der Waals surface area contributed by atoms with Crippen molar-refractivity contribution in [2.24, 2.45) is 0 Å². The van der Waals surface area contributed by atoms with Crippen LogP contribution in [0.5, 0.6) is 0 Å². The number of anilines is 1. The van der Waals surface area contributed by atoms with Gasteiger partial charge >= 0.3 is 0 Å². The topological polar surface area (TPSA) is 49.3 Å². The third kappa shape index (κ3) is 2.70. The number of hydrogen-bond acceptors (Lipinski definition) is 2. The van der Waals surface area contributed by atoms with Gasteiger partial charge in [0.05, 0.1) is 6.10 Å².